The Morgan fingerprint density at radius 3 is 3.00 bits per heavy atom. The van der Waals surface area contributed by atoms with E-state index in [1.54, 1.807) is 6.20 Å². The van der Waals surface area contributed by atoms with Gasteiger partial charge in [-0.1, -0.05) is 12.2 Å². The number of aromatic nitrogens is 2. The van der Waals surface area contributed by atoms with Crippen LogP contribution in [0.1, 0.15) is 46.5 Å². The van der Waals surface area contributed by atoms with E-state index in [-0.39, 0.29) is 24.3 Å². The molecule has 0 amide bonds. The fourth-order valence-corrected chi connectivity index (χ4v) is 5.39. The molecular formula is C21H27N5O4S2. The van der Waals surface area contributed by atoms with Crippen LogP contribution in [0.5, 0.6) is 0 Å². The van der Waals surface area contributed by atoms with Gasteiger partial charge in [-0.2, -0.15) is 8.42 Å². The second-order valence-electron chi connectivity index (χ2n) is 8.23. The lowest BCUT2D eigenvalue weighted by molar-refractivity contribution is 0.104. The Hall–Kier alpha value is -2.18. The van der Waals surface area contributed by atoms with Gasteiger partial charge in [-0.05, 0) is 48.6 Å². The number of hydrogen-bond donors (Lipinski definition) is 2. The number of rotatable bonds is 9. The van der Waals surface area contributed by atoms with E-state index in [1.807, 2.05) is 11.4 Å². The van der Waals surface area contributed by atoms with Crippen molar-refractivity contribution >= 4 is 33.2 Å². The van der Waals surface area contributed by atoms with Gasteiger partial charge in [0.2, 0.25) is 5.78 Å². The summed E-state index contributed by atoms with van der Waals surface area (Å²) in [4.78, 5) is 24.6. The average molecular weight is 478 g/mol. The molecule has 2 atom stereocenters. The van der Waals surface area contributed by atoms with Crippen LogP contribution in [0.2, 0.25) is 0 Å². The highest BCUT2D eigenvalue weighted by Gasteiger charge is 2.28. The largest absolute Gasteiger partial charge is 0.367 e. The first-order valence-electron chi connectivity index (χ1n) is 10.6. The minimum absolute atomic E-state index is 0.0663. The third kappa shape index (κ3) is 6.20. The van der Waals surface area contributed by atoms with Crippen LogP contribution in [0.3, 0.4) is 0 Å². The molecule has 0 radical (unpaired) electrons. The Bertz CT molecular complexity index is 1090. The summed E-state index contributed by atoms with van der Waals surface area (Å²) in [6.07, 6.45) is 10.7. The molecule has 1 unspecified atom stereocenters. The maximum Gasteiger partial charge on any atom is 0.333 e. The number of nitrogens with one attached hydrogen (secondary N) is 1. The van der Waals surface area contributed by atoms with Crippen molar-refractivity contribution in [2.24, 2.45) is 11.1 Å². The van der Waals surface area contributed by atoms with Gasteiger partial charge in [0.05, 0.1) is 17.0 Å². The summed E-state index contributed by atoms with van der Waals surface area (Å²) < 4.78 is 26.7. The molecule has 1 saturated carbocycles. The van der Waals surface area contributed by atoms with Crippen LogP contribution < -0.4 is 10.5 Å². The zero-order valence-electron chi connectivity index (χ0n) is 17.6. The van der Waals surface area contributed by atoms with E-state index < -0.39 is 10.3 Å². The van der Waals surface area contributed by atoms with Gasteiger partial charge in [0.1, 0.15) is 12.1 Å². The Morgan fingerprint density at radius 2 is 2.22 bits per heavy atom. The van der Waals surface area contributed by atoms with Crippen LogP contribution in [0.15, 0.2) is 36.1 Å². The van der Waals surface area contributed by atoms with Crippen LogP contribution >= 0.6 is 11.3 Å². The molecule has 1 aliphatic heterocycles. The molecule has 0 spiro atoms. The molecule has 1 fully saturated rings. The van der Waals surface area contributed by atoms with E-state index in [0.29, 0.717) is 22.7 Å². The molecule has 4 rings (SSSR count). The summed E-state index contributed by atoms with van der Waals surface area (Å²) in [7, 11) is -3.94. The second-order valence-corrected chi connectivity index (χ2v) is 10.4. The van der Waals surface area contributed by atoms with Crippen LogP contribution in [0.4, 0.5) is 5.82 Å². The zero-order valence-corrected chi connectivity index (χ0v) is 19.3. The van der Waals surface area contributed by atoms with Gasteiger partial charge in [0.15, 0.2) is 0 Å². The number of carbonyl (C=O) groups excluding carboxylic acids is 1. The highest BCUT2D eigenvalue weighted by molar-refractivity contribution is 7.84. The molecule has 0 aromatic carbocycles. The maximum absolute atomic E-state index is 13.2. The van der Waals surface area contributed by atoms with Crippen LogP contribution in [-0.2, 0) is 21.0 Å². The Balaban J connectivity index is 1.39. The smallest absolute Gasteiger partial charge is 0.333 e. The lowest BCUT2D eigenvalue weighted by Gasteiger charge is -2.22. The van der Waals surface area contributed by atoms with Crippen LogP contribution in [0.25, 0.3) is 0 Å². The predicted octanol–water partition coefficient (Wildman–Crippen LogP) is 2.33. The average Bonchev–Trinajstić information content (AvgIpc) is 3.42. The van der Waals surface area contributed by atoms with Crippen molar-refractivity contribution in [2.45, 2.75) is 38.3 Å². The topological polar surface area (TPSA) is 128 Å². The number of nitrogens with two attached hydrogens (primary N) is 1. The molecule has 32 heavy (non-hydrogen) atoms. The molecule has 3 heterocycles. The third-order valence-electron chi connectivity index (χ3n) is 5.73. The van der Waals surface area contributed by atoms with Crippen molar-refractivity contribution in [3.63, 3.8) is 0 Å². The molecule has 1 aliphatic carbocycles. The van der Waals surface area contributed by atoms with E-state index in [1.165, 1.54) is 17.7 Å². The van der Waals surface area contributed by atoms with Crippen molar-refractivity contribution in [3.05, 3.63) is 52.1 Å². The normalized spacial score (nSPS) is 21.7. The summed E-state index contributed by atoms with van der Waals surface area (Å²) in [5.41, 5.74) is 1.57. The minimum Gasteiger partial charge on any atom is -0.367 e. The third-order valence-corrected chi connectivity index (χ3v) is 7.18. The molecule has 2 aromatic rings. The van der Waals surface area contributed by atoms with Gasteiger partial charge in [-0.25, -0.2) is 15.1 Å². The molecule has 3 N–H and O–H groups in total. The van der Waals surface area contributed by atoms with Gasteiger partial charge in [-0.15, -0.1) is 11.3 Å². The number of hydrogen-bond acceptors (Lipinski definition) is 9. The second kappa shape index (κ2) is 10.2. The minimum atomic E-state index is -3.94. The van der Waals surface area contributed by atoms with Crippen molar-refractivity contribution < 1.29 is 17.4 Å². The maximum atomic E-state index is 13.2. The molecule has 9 nitrogen and oxygen atoms in total. The monoisotopic (exact) mass is 477 g/mol. The molecule has 172 valence electrons. The molecule has 0 saturated heterocycles. The van der Waals surface area contributed by atoms with Gasteiger partial charge in [0, 0.05) is 31.9 Å². The Morgan fingerprint density at radius 1 is 1.34 bits per heavy atom. The van der Waals surface area contributed by atoms with Crippen molar-refractivity contribution in [1.29, 1.82) is 0 Å². The first-order chi connectivity index (χ1) is 15.4. The zero-order chi connectivity index (χ0) is 22.6. The summed E-state index contributed by atoms with van der Waals surface area (Å²) in [5, 5.41) is 10.3. The fraction of sp³-hybridized carbons (Fsp3) is 0.476. The van der Waals surface area contributed by atoms with Crippen molar-refractivity contribution in [1.82, 2.24) is 14.9 Å². The SMILES string of the molecule is NS(=O)(=O)OCC1CC[C@H](Nc2ncncc2C(=O)c2cc(CN3CC=CCC3)cs2)C1. The van der Waals surface area contributed by atoms with E-state index in [4.69, 9.17) is 9.32 Å². The van der Waals surface area contributed by atoms with Gasteiger partial charge in [-0.3, -0.25) is 13.9 Å². The molecular weight excluding hydrogens is 450 g/mol. The molecule has 0 bridgehead atoms. The first-order valence-corrected chi connectivity index (χ1v) is 13.0. The van der Waals surface area contributed by atoms with E-state index >= 15 is 0 Å². The first kappa shape index (κ1) is 23.0. The number of ketones is 1. The molecule has 11 heteroatoms. The molecule has 2 aromatic heterocycles. The summed E-state index contributed by atoms with van der Waals surface area (Å²) in [5.74, 6) is 0.477. The summed E-state index contributed by atoms with van der Waals surface area (Å²) >= 11 is 1.44. The number of nitrogens with zero attached hydrogens (tertiary/aromatic N) is 3. The molecule has 2 aliphatic rings. The standard InChI is InChI=1S/C21H27N5O4S2/c22-32(28,29)30-12-15-4-5-17(8-15)25-21-18(10-23-14-24-21)20(27)19-9-16(13-31-19)11-26-6-2-1-3-7-26/h1-2,9-10,13-15,17H,3-8,11-12H2,(H2,22,28,29)(H,23,24,25)/t15?,17-/m0/s1. The Labute approximate surface area is 192 Å². The van der Waals surface area contributed by atoms with Gasteiger partial charge < -0.3 is 5.32 Å². The van der Waals surface area contributed by atoms with Crippen LogP contribution in [-0.4, -0.2) is 54.8 Å². The lowest BCUT2D eigenvalue weighted by atomic mass is 10.1. The van der Waals surface area contributed by atoms with Crippen LogP contribution in [0, 0.1) is 5.92 Å². The lowest BCUT2D eigenvalue weighted by Crippen LogP contribution is -2.26. The fourth-order valence-electron chi connectivity index (χ4n) is 4.15. The van der Waals surface area contributed by atoms with Crippen molar-refractivity contribution in [2.75, 3.05) is 25.0 Å². The Kier molecular flexibility index (Phi) is 7.31. The van der Waals surface area contributed by atoms with E-state index in [0.717, 1.165) is 44.5 Å². The van der Waals surface area contributed by atoms with Gasteiger partial charge in [0.25, 0.3) is 0 Å². The van der Waals surface area contributed by atoms with E-state index in [2.05, 4.69) is 32.3 Å². The van der Waals surface area contributed by atoms with Crippen molar-refractivity contribution in [3.8, 4) is 0 Å². The summed E-state index contributed by atoms with van der Waals surface area (Å²) in [6, 6.07) is 2.02. The number of thiophene rings is 1. The number of anilines is 1. The predicted molar refractivity (Wildman–Crippen MR) is 123 cm³/mol. The number of carbonyl (C=O) groups is 1. The van der Waals surface area contributed by atoms with E-state index in [9.17, 15) is 13.2 Å². The highest BCUT2D eigenvalue weighted by atomic mass is 32.2. The van der Waals surface area contributed by atoms with Gasteiger partial charge >= 0.3 is 10.3 Å². The highest BCUT2D eigenvalue weighted by Crippen LogP contribution is 2.30. The quantitative estimate of drug-likeness (QED) is 0.416. The summed E-state index contributed by atoms with van der Waals surface area (Å²) in [6.45, 7) is 2.86.